The van der Waals surface area contributed by atoms with Crippen LogP contribution in [0, 0.1) is 5.92 Å². The van der Waals surface area contributed by atoms with E-state index in [1.165, 1.54) is 18.3 Å². The van der Waals surface area contributed by atoms with Gasteiger partial charge in [-0.1, -0.05) is 36.2 Å². The van der Waals surface area contributed by atoms with E-state index in [1.807, 2.05) is 0 Å². The molecule has 0 bridgehead atoms. The molecule has 0 spiro atoms. The molecule has 0 atom stereocenters. The number of piperidine rings is 1. The second-order valence-corrected chi connectivity index (χ2v) is 10.2. The van der Waals surface area contributed by atoms with E-state index in [0.29, 0.717) is 40.4 Å². The molecule has 2 aliphatic heterocycles. The largest absolute Gasteiger partial charge is 0.338 e. The van der Waals surface area contributed by atoms with E-state index in [-0.39, 0.29) is 9.80 Å². The fraction of sp³-hybridized carbons (Fsp3) is 0.286. The van der Waals surface area contributed by atoms with E-state index in [0.717, 1.165) is 12.8 Å². The molecule has 152 valence electrons. The lowest BCUT2D eigenvalue weighted by Crippen LogP contribution is -2.41. The highest BCUT2D eigenvalue weighted by Gasteiger charge is 2.38. The third-order valence-electron chi connectivity index (χ3n) is 5.37. The van der Waals surface area contributed by atoms with Crippen molar-refractivity contribution in [2.24, 2.45) is 5.92 Å². The first-order chi connectivity index (χ1) is 13.8. The summed E-state index contributed by atoms with van der Waals surface area (Å²) in [4.78, 5) is 16.3. The summed E-state index contributed by atoms with van der Waals surface area (Å²) in [7, 11) is -3.98. The third-order valence-corrected chi connectivity index (χ3v) is 7.63. The molecule has 2 heterocycles. The Morgan fingerprint density at radius 3 is 2.41 bits per heavy atom. The lowest BCUT2D eigenvalue weighted by molar-refractivity contribution is -0.127. The maximum atomic E-state index is 13.3. The van der Waals surface area contributed by atoms with Crippen molar-refractivity contribution in [2.75, 3.05) is 18.0 Å². The number of hydrogen-bond donors (Lipinski definition) is 0. The number of anilines is 2. The molecule has 0 radical (unpaired) electrons. The fourth-order valence-electron chi connectivity index (χ4n) is 3.66. The van der Waals surface area contributed by atoms with E-state index < -0.39 is 15.7 Å². The van der Waals surface area contributed by atoms with Crippen LogP contribution in [-0.4, -0.2) is 32.3 Å². The number of hydrogen-bond acceptors (Lipinski definition) is 4. The van der Waals surface area contributed by atoms with E-state index in [4.69, 9.17) is 23.2 Å². The number of likely N-dealkylation sites (tertiary alicyclic amines) is 1. The molecule has 1 fully saturated rings. The first-order valence-corrected chi connectivity index (χ1v) is 11.6. The number of nitrogens with zero attached hydrogens (tertiary/aromatic N) is 2. The average Bonchev–Trinajstić information content (AvgIpc) is 2.68. The van der Waals surface area contributed by atoms with Gasteiger partial charge in [0.1, 0.15) is 0 Å². The Morgan fingerprint density at radius 2 is 1.72 bits per heavy atom. The maximum absolute atomic E-state index is 13.3. The molecule has 2 aromatic rings. The Kier molecular flexibility index (Phi) is 5.36. The molecule has 5 nitrogen and oxygen atoms in total. The minimum Gasteiger partial charge on any atom is -0.338 e. The van der Waals surface area contributed by atoms with Gasteiger partial charge < -0.3 is 9.80 Å². The van der Waals surface area contributed by atoms with Gasteiger partial charge in [0, 0.05) is 35.0 Å². The summed E-state index contributed by atoms with van der Waals surface area (Å²) < 4.78 is 26.6. The predicted molar refractivity (Wildman–Crippen MR) is 115 cm³/mol. The van der Waals surface area contributed by atoms with Crippen LogP contribution < -0.4 is 4.90 Å². The Morgan fingerprint density at radius 1 is 1.03 bits per heavy atom. The maximum Gasteiger partial charge on any atom is 0.267 e. The van der Waals surface area contributed by atoms with Crippen molar-refractivity contribution in [1.29, 1.82) is 0 Å². The number of rotatable bonds is 2. The van der Waals surface area contributed by atoms with E-state index in [9.17, 15) is 13.2 Å². The Hall–Kier alpha value is -2.02. The summed E-state index contributed by atoms with van der Waals surface area (Å²) in [5.74, 6) is 0.0614. The number of benzene rings is 2. The number of carbonyl (C=O) groups excluding carboxylic acids is 1. The summed E-state index contributed by atoms with van der Waals surface area (Å²) in [6, 6.07) is 11.6. The lowest BCUT2D eigenvalue weighted by Gasteiger charge is -2.33. The predicted octanol–water partition coefficient (Wildman–Crippen LogP) is 5.02. The fourth-order valence-corrected chi connectivity index (χ4v) is 5.53. The number of sulfone groups is 1. The van der Waals surface area contributed by atoms with E-state index >= 15 is 0 Å². The SMILES string of the molecule is CC1CCN(C(=O)C2=CN(c3cccc(Cl)c3)c3cc(Cl)ccc3S2(=O)=O)CC1. The van der Waals surface area contributed by atoms with Crippen molar-refractivity contribution >= 4 is 50.3 Å². The smallest absolute Gasteiger partial charge is 0.267 e. The zero-order valence-corrected chi connectivity index (χ0v) is 18.1. The number of fused-ring (bicyclic) bond motifs is 1. The van der Waals surface area contributed by atoms with E-state index in [2.05, 4.69) is 6.92 Å². The van der Waals surface area contributed by atoms with E-state index in [1.54, 1.807) is 40.1 Å². The highest BCUT2D eigenvalue weighted by atomic mass is 35.5. The molecule has 0 unspecified atom stereocenters. The van der Waals surface area contributed by atoms with Gasteiger partial charge in [-0.3, -0.25) is 4.79 Å². The Labute approximate surface area is 180 Å². The van der Waals surface area contributed by atoms with Crippen molar-refractivity contribution < 1.29 is 13.2 Å². The minimum atomic E-state index is -3.98. The summed E-state index contributed by atoms with van der Waals surface area (Å²) >= 11 is 12.3. The normalized spacial score (nSPS) is 18.9. The quantitative estimate of drug-likeness (QED) is 0.644. The molecule has 4 rings (SSSR count). The van der Waals surface area contributed by atoms with Crippen molar-refractivity contribution in [3.63, 3.8) is 0 Å². The topological polar surface area (TPSA) is 57.7 Å². The van der Waals surface area contributed by atoms with Gasteiger partial charge in [0.05, 0.1) is 10.6 Å². The van der Waals surface area contributed by atoms with Gasteiger partial charge in [-0.05, 0) is 55.2 Å². The van der Waals surface area contributed by atoms with Gasteiger partial charge in [0.15, 0.2) is 4.91 Å². The van der Waals surface area contributed by atoms with Gasteiger partial charge in [-0.25, -0.2) is 8.42 Å². The van der Waals surface area contributed by atoms with Crippen molar-refractivity contribution in [1.82, 2.24) is 4.90 Å². The van der Waals surface area contributed by atoms with Crippen molar-refractivity contribution in [3.8, 4) is 0 Å². The van der Waals surface area contributed by atoms with Gasteiger partial charge in [0.2, 0.25) is 9.84 Å². The van der Waals surface area contributed by atoms with Crippen molar-refractivity contribution in [3.05, 3.63) is 63.6 Å². The molecule has 0 N–H and O–H groups in total. The minimum absolute atomic E-state index is 0.0538. The molecule has 0 saturated carbocycles. The van der Waals surface area contributed by atoms with Crippen LogP contribution in [0.15, 0.2) is 58.5 Å². The number of amides is 1. The summed E-state index contributed by atoms with van der Waals surface area (Å²) in [5.41, 5.74) is 1.04. The number of carbonyl (C=O) groups is 1. The van der Waals surface area contributed by atoms with Crippen LogP contribution in [0.4, 0.5) is 11.4 Å². The van der Waals surface area contributed by atoms with Crippen LogP contribution >= 0.6 is 23.2 Å². The zero-order chi connectivity index (χ0) is 20.8. The summed E-state index contributed by atoms with van der Waals surface area (Å²) in [5, 5.41) is 0.907. The van der Waals surface area contributed by atoms with Crippen LogP contribution in [0.25, 0.3) is 0 Å². The van der Waals surface area contributed by atoms with Crippen molar-refractivity contribution in [2.45, 2.75) is 24.7 Å². The highest BCUT2D eigenvalue weighted by Crippen LogP contribution is 2.42. The van der Waals surface area contributed by atoms with Gasteiger partial charge in [-0.15, -0.1) is 0 Å². The van der Waals surface area contributed by atoms with Gasteiger partial charge in [-0.2, -0.15) is 0 Å². The van der Waals surface area contributed by atoms with Crippen LogP contribution in [0.3, 0.4) is 0 Å². The lowest BCUT2D eigenvalue weighted by atomic mass is 9.99. The Bertz CT molecular complexity index is 1110. The van der Waals surface area contributed by atoms with Gasteiger partial charge >= 0.3 is 0 Å². The molecule has 1 saturated heterocycles. The van der Waals surface area contributed by atoms with Gasteiger partial charge in [0.25, 0.3) is 5.91 Å². The number of halogens is 2. The monoisotopic (exact) mass is 450 g/mol. The highest BCUT2D eigenvalue weighted by molar-refractivity contribution is 7.96. The summed E-state index contributed by atoms with van der Waals surface area (Å²) in [6.07, 6.45) is 3.12. The van der Waals surface area contributed by atoms with Crippen LogP contribution in [0.1, 0.15) is 19.8 Å². The third kappa shape index (κ3) is 3.77. The first kappa shape index (κ1) is 20.3. The summed E-state index contributed by atoms with van der Waals surface area (Å²) in [6.45, 7) is 3.24. The molecule has 2 aromatic carbocycles. The molecular weight excluding hydrogens is 431 g/mol. The molecule has 29 heavy (non-hydrogen) atoms. The molecule has 1 amide bonds. The first-order valence-electron chi connectivity index (χ1n) is 9.38. The zero-order valence-electron chi connectivity index (χ0n) is 15.8. The standard InChI is InChI=1S/C21H20Cl2N2O3S/c1-14-7-9-24(10-8-14)21(26)20-13-25(17-4-2-3-15(22)11-17)18-12-16(23)5-6-19(18)29(20,27)28/h2-6,11-14H,7-10H2,1H3. The average molecular weight is 451 g/mol. The molecule has 2 aliphatic rings. The van der Waals surface area contributed by atoms with Crippen LogP contribution in [-0.2, 0) is 14.6 Å². The van der Waals surface area contributed by atoms with Crippen LogP contribution in [0.5, 0.6) is 0 Å². The molecule has 0 aliphatic carbocycles. The van der Waals surface area contributed by atoms with Crippen LogP contribution in [0.2, 0.25) is 10.0 Å². The Balaban J connectivity index is 1.84. The second-order valence-electron chi connectivity index (χ2n) is 7.43. The molecular formula is C21H20Cl2N2O3S. The molecule has 0 aromatic heterocycles. The molecule has 8 heteroatoms. The second kappa shape index (κ2) is 7.67.